The summed E-state index contributed by atoms with van der Waals surface area (Å²) in [7, 11) is 0. The average Bonchev–Trinajstić information content (AvgIpc) is 2.05. The predicted molar refractivity (Wildman–Crippen MR) is 44.5 cm³/mol. The SMILES string of the molecule is N=CC1=NC(CCl)CC=C1. The summed E-state index contributed by atoms with van der Waals surface area (Å²) in [5, 5.41) is 6.91. The fourth-order valence-electron chi connectivity index (χ4n) is 0.835. The number of aliphatic imine (C=N–C) groups is 1. The van der Waals surface area contributed by atoms with Crippen LogP contribution in [-0.4, -0.2) is 23.8 Å². The minimum absolute atomic E-state index is 0.184. The number of dihydropyridines is 1. The average molecular weight is 157 g/mol. The molecule has 2 nitrogen and oxygen atoms in total. The zero-order valence-electron chi connectivity index (χ0n) is 5.55. The molecule has 3 heteroatoms. The topological polar surface area (TPSA) is 36.2 Å². The quantitative estimate of drug-likeness (QED) is 0.466. The van der Waals surface area contributed by atoms with E-state index >= 15 is 0 Å². The Morgan fingerprint density at radius 1 is 1.90 bits per heavy atom. The van der Waals surface area contributed by atoms with Gasteiger partial charge in [0.25, 0.3) is 0 Å². The van der Waals surface area contributed by atoms with Gasteiger partial charge in [-0.3, -0.25) is 4.99 Å². The smallest absolute Gasteiger partial charge is 0.0750 e. The highest BCUT2D eigenvalue weighted by atomic mass is 35.5. The Kier molecular flexibility index (Phi) is 2.63. The van der Waals surface area contributed by atoms with Crippen molar-refractivity contribution in [1.82, 2.24) is 0 Å². The largest absolute Gasteiger partial charge is 0.307 e. The van der Waals surface area contributed by atoms with Crippen molar-refractivity contribution in [2.75, 3.05) is 5.88 Å². The van der Waals surface area contributed by atoms with Gasteiger partial charge in [-0.15, -0.1) is 11.6 Å². The van der Waals surface area contributed by atoms with Crippen molar-refractivity contribution < 1.29 is 0 Å². The molecule has 0 bridgehead atoms. The molecule has 0 aliphatic carbocycles. The second kappa shape index (κ2) is 3.52. The Morgan fingerprint density at radius 2 is 2.70 bits per heavy atom. The van der Waals surface area contributed by atoms with Crippen LogP contribution in [0.4, 0.5) is 0 Å². The lowest BCUT2D eigenvalue weighted by atomic mass is 10.1. The normalized spacial score (nSPS) is 24.1. The first-order valence-corrected chi connectivity index (χ1v) is 3.71. The third-order valence-corrected chi connectivity index (χ3v) is 1.71. The summed E-state index contributed by atoms with van der Waals surface area (Å²) in [4.78, 5) is 4.17. The van der Waals surface area contributed by atoms with Crippen molar-refractivity contribution in [3.63, 3.8) is 0 Å². The van der Waals surface area contributed by atoms with Crippen molar-refractivity contribution in [2.24, 2.45) is 4.99 Å². The molecule has 1 unspecified atom stereocenters. The summed E-state index contributed by atoms with van der Waals surface area (Å²) >= 11 is 5.59. The number of allylic oxidation sites excluding steroid dienone is 1. The van der Waals surface area contributed by atoms with Gasteiger partial charge in [0.2, 0.25) is 0 Å². The van der Waals surface area contributed by atoms with Crippen LogP contribution in [-0.2, 0) is 0 Å². The van der Waals surface area contributed by atoms with E-state index in [-0.39, 0.29) is 6.04 Å². The number of nitrogens with zero attached hydrogens (tertiary/aromatic N) is 1. The van der Waals surface area contributed by atoms with Gasteiger partial charge in [0, 0.05) is 12.1 Å². The molecule has 0 saturated heterocycles. The van der Waals surface area contributed by atoms with E-state index in [9.17, 15) is 0 Å². The Hall–Kier alpha value is -0.630. The number of nitrogens with one attached hydrogen (secondary N) is 1. The van der Waals surface area contributed by atoms with Crippen molar-refractivity contribution in [2.45, 2.75) is 12.5 Å². The van der Waals surface area contributed by atoms with Gasteiger partial charge >= 0.3 is 0 Å². The van der Waals surface area contributed by atoms with Gasteiger partial charge in [0.15, 0.2) is 0 Å². The van der Waals surface area contributed by atoms with Gasteiger partial charge in [-0.2, -0.15) is 0 Å². The zero-order chi connectivity index (χ0) is 7.40. The Morgan fingerprint density at radius 3 is 3.30 bits per heavy atom. The lowest BCUT2D eigenvalue weighted by Gasteiger charge is -2.09. The summed E-state index contributed by atoms with van der Waals surface area (Å²) in [5.74, 6) is 0.543. The summed E-state index contributed by atoms with van der Waals surface area (Å²) in [6.45, 7) is 0. The molecule has 1 heterocycles. The van der Waals surface area contributed by atoms with E-state index < -0.39 is 0 Å². The van der Waals surface area contributed by atoms with Gasteiger partial charge in [-0.25, -0.2) is 0 Å². The maximum atomic E-state index is 6.91. The Balaban J connectivity index is 2.64. The number of hydrogen-bond donors (Lipinski definition) is 1. The molecule has 10 heavy (non-hydrogen) atoms. The number of halogens is 1. The van der Waals surface area contributed by atoms with Crippen LogP contribution in [0.1, 0.15) is 6.42 Å². The molecule has 0 radical (unpaired) electrons. The van der Waals surface area contributed by atoms with E-state index in [0.29, 0.717) is 5.88 Å². The third kappa shape index (κ3) is 1.67. The molecule has 0 aromatic carbocycles. The van der Waals surface area contributed by atoms with Crippen molar-refractivity contribution in [3.8, 4) is 0 Å². The van der Waals surface area contributed by atoms with Crippen LogP contribution in [0, 0.1) is 5.41 Å². The van der Waals surface area contributed by atoms with E-state index in [4.69, 9.17) is 17.0 Å². The Labute approximate surface area is 65.1 Å². The highest BCUT2D eigenvalue weighted by Crippen LogP contribution is 2.07. The van der Waals surface area contributed by atoms with E-state index in [1.807, 2.05) is 12.2 Å². The fraction of sp³-hybridized carbons (Fsp3) is 0.429. The maximum Gasteiger partial charge on any atom is 0.0750 e. The van der Waals surface area contributed by atoms with Crippen molar-refractivity contribution in [1.29, 1.82) is 5.41 Å². The molecule has 1 rings (SSSR count). The molecule has 0 fully saturated rings. The lowest BCUT2D eigenvalue weighted by molar-refractivity contribution is 0.761. The van der Waals surface area contributed by atoms with Crippen LogP contribution in [0.3, 0.4) is 0 Å². The van der Waals surface area contributed by atoms with Crippen LogP contribution in [0.2, 0.25) is 0 Å². The van der Waals surface area contributed by atoms with Crippen LogP contribution >= 0.6 is 11.6 Å². The third-order valence-electron chi connectivity index (χ3n) is 1.35. The molecule has 1 N–H and O–H groups in total. The van der Waals surface area contributed by atoms with Gasteiger partial charge in [-0.05, 0) is 12.5 Å². The molecule has 0 amide bonds. The molecular weight excluding hydrogens is 148 g/mol. The standard InChI is InChI=1S/C7H9ClN2/c8-4-6-2-1-3-7(5-9)10-6/h1,3,5-6,9H,2,4H2. The fourth-order valence-corrected chi connectivity index (χ4v) is 1.03. The molecule has 0 saturated carbocycles. The highest BCUT2D eigenvalue weighted by Gasteiger charge is 2.06. The number of alkyl halides is 1. The lowest BCUT2D eigenvalue weighted by Crippen LogP contribution is -2.13. The molecule has 0 aromatic rings. The van der Waals surface area contributed by atoms with Crippen LogP contribution in [0.5, 0.6) is 0 Å². The Bertz CT molecular complexity index is 184. The first kappa shape index (κ1) is 7.48. The van der Waals surface area contributed by atoms with Gasteiger partial charge in [0.05, 0.1) is 11.8 Å². The van der Waals surface area contributed by atoms with E-state index in [2.05, 4.69) is 4.99 Å². The number of hydrogen-bond acceptors (Lipinski definition) is 2. The molecular formula is C7H9ClN2. The minimum Gasteiger partial charge on any atom is -0.307 e. The van der Waals surface area contributed by atoms with Crippen LogP contribution in [0.25, 0.3) is 0 Å². The number of rotatable bonds is 2. The summed E-state index contributed by atoms with van der Waals surface area (Å²) in [6.07, 6.45) is 5.99. The van der Waals surface area contributed by atoms with Gasteiger partial charge in [0.1, 0.15) is 0 Å². The van der Waals surface area contributed by atoms with Gasteiger partial charge in [-0.1, -0.05) is 6.08 Å². The van der Waals surface area contributed by atoms with Crippen molar-refractivity contribution >= 4 is 23.5 Å². The first-order valence-electron chi connectivity index (χ1n) is 3.17. The van der Waals surface area contributed by atoms with E-state index in [1.54, 1.807) is 0 Å². The molecule has 0 aromatic heterocycles. The monoisotopic (exact) mass is 156 g/mol. The molecule has 1 aliphatic heterocycles. The minimum atomic E-state index is 0.184. The summed E-state index contributed by atoms with van der Waals surface area (Å²) in [6, 6.07) is 0.184. The predicted octanol–water partition coefficient (Wildman–Crippen LogP) is 1.64. The maximum absolute atomic E-state index is 6.91. The summed E-state index contributed by atoms with van der Waals surface area (Å²) < 4.78 is 0. The molecule has 0 spiro atoms. The molecule has 54 valence electrons. The van der Waals surface area contributed by atoms with E-state index in [0.717, 1.165) is 12.1 Å². The second-order valence-corrected chi connectivity index (χ2v) is 2.45. The van der Waals surface area contributed by atoms with Crippen LogP contribution in [0.15, 0.2) is 17.1 Å². The zero-order valence-corrected chi connectivity index (χ0v) is 6.30. The first-order chi connectivity index (χ1) is 4.86. The van der Waals surface area contributed by atoms with Crippen LogP contribution < -0.4 is 0 Å². The summed E-state index contributed by atoms with van der Waals surface area (Å²) in [5.41, 5.74) is 0.719. The molecule has 1 atom stereocenters. The second-order valence-electron chi connectivity index (χ2n) is 2.14. The van der Waals surface area contributed by atoms with E-state index in [1.165, 1.54) is 6.21 Å². The molecule has 1 aliphatic rings. The van der Waals surface area contributed by atoms with Gasteiger partial charge < -0.3 is 5.41 Å². The van der Waals surface area contributed by atoms with Crippen molar-refractivity contribution in [3.05, 3.63) is 12.2 Å². The highest BCUT2D eigenvalue weighted by molar-refractivity contribution is 6.35.